The van der Waals surface area contributed by atoms with Crippen molar-refractivity contribution in [3.05, 3.63) is 18.2 Å². The van der Waals surface area contributed by atoms with E-state index in [1.165, 1.54) is 25.3 Å². The summed E-state index contributed by atoms with van der Waals surface area (Å²) >= 11 is 0. The maximum absolute atomic E-state index is 12.7. The van der Waals surface area contributed by atoms with Gasteiger partial charge in [0.15, 0.2) is 0 Å². The highest BCUT2D eigenvalue weighted by Crippen LogP contribution is 2.29. The number of nitrogens with zero attached hydrogens (tertiary/aromatic N) is 1. The summed E-state index contributed by atoms with van der Waals surface area (Å²) in [5.74, 6) is -0.541. The lowest BCUT2D eigenvalue weighted by atomic mass is 10.2. The molecule has 0 aliphatic rings. The van der Waals surface area contributed by atoms with E-state index in [1.54, 1.807) is 0 Å². The minimum absolute atomic E-state index is 0.0406. The Morgan fingerprint density at radius 3 is 2.48 bits per heavy atom. The summed E-state index contributed by atoms with van der Waals surface area (Å²) in [5.41, 5.74) is 11.1. The zero-order valence-electron chi connectivity index (χ0n) is 12.4. The number of primary amides is 1. The number of nitrogens with two attached hydrogens (primary N) is 2. The van der Waals surface area contributed by atoms with E-state index in [2.05, 4.69) is 0 Å². The second-order valence-corrected chi connectivity index (χ2v) is 6.97. The average Bonchev–Trinajstić information content (AvgIpc) is 2.36. The van der Waals surface area contributed by atoms with Crippen LogP contribution >= 0.6 is 0 Å². The molecule has 1 aromatic carbocycles. The van der Waals surface area contributed by atoms with Crippen LogP contribution in [0, 0.1) is 5.92 Å². The van der Waals surface area contributed by atoms with E-state index in [9.17, 15) is 13.2 Å². The number of nitrogen functional groups attached to an aromatic ring is 1. The Morgan fingerprint density at radius 2 is 2.00 bits per heavy atom. The number of methoxy groups -OCH3 is 1. The molecule has 1 rings (SSSR count). The van der Waals surface area contributed by atoms with E-state index < -0.39 is 15.9 Å². The van der Waals surface area contributed by atoms with Gasteiger partial charge in [0, 0.05) is 18.3 Å². The molecule has 21 heavy (non-hydrogen) atoms. The fraction of sp³-hybridized carbons (Fsp3) is 0.462. The van der Waals surface area contributed by atoms with E-state index in [-0.39, 0.29) is 29.7 Å². The molecule has 7 nitrogen and oxygen atoms in total. The number of ether oxygens (including phenoxy) is 1. The van der Waals surface area contributed by atoms with Gasteiger partial charge >= 0.3 is 0 Å². The summed E-state index contributed by atoms with van der Waals surface area (Å²) in [4.78, 5) is 11.1. The first-order valence-corrected chi connectivity index (χ1v) is 7.84. The van der Waals surface area contributed by atoms with Crippen LogP contribution in [-0.2, 0) is 14.8 Å². The normalized spacial score (nSPS) is 11.9. The summed E-state index contributed by atoms with van der Waals surface area (Å²) in [6.07, 6.45) is 0. The number of carbonyl (C=O) groups is 1. The molecule has 0 aliphatic heterocycles. The molecule has 0 bridgehead atoms. The number of carbonyl (C=O) groups excluding carboxylic acids is 1. The molecule has 0 aliphatic carbocycles. The third kappa shape index (κ3) is 4.33. The molecular weight excluding hydrogens is 294 g/mol. The average molecular weight is 315 g/mol. The highest BCUT2D eigenvalue weighted by molar-refractivity contribution is 7.89. The zero-order chi connectivity index (χ0) is 16.2. The maximum Gasteiger partial charge on any atom is 0.247 e. The molecule has 0 saturated carbocycles. The predicted octanol–water partition coefficient (Wildman–Crippen LogP) is 0.409. The molecule has 0 heterocycles. The van der Waals surface area contributed by atoms with Crippen LogP contribution in [0.3, 0.4) is 0 Å². The minimum Gasteiger partial charge on any atom is -0.495 e. The molecule has 118 valence electrons. The van der Waals surface area contributed by atoms with Gasteiger partial charge in [-0.05, 0) is 18.1 Å². The quantitative estimate of drug-likeness (QED) is 0.707. The zero-order valence-corrected chi connectivity index (χ0v) is 13.2. The fourth-order valence-electron chi connectivity index (χ4n) is 1.87. The van der Waals surface area contributed by atoms with Gasteiger partial charge in [-0.25, -0.2) is 8.42 Å². The van der Waals surface area contributed by atoms with Gasteiger partial charge in [-0.1, -0.05) is 13.8 Å². The number of rotatable bonds is 7. The standard InChI is InChI=1S/C13H21N3O4S/c1-9(2)7-16(8-13(15)17)21(18,19)12-5-4-10(14)6-11(12)20-3/h4-6,9H,7-8,14H2,1-3H3,(H2,15,17). The first-order valence-electron chi connectivity index (χ1n) is 6.40. The number of hydrogen-bond donors (Lipinski definition) is 2. The van der Waals surface area contributed by atoms with Crippen LogP contribution in [-0.4, -0.2) is 38.8 Å². The third-order valence-corrected chi connectivity index (χ3v) is 4.56. The molecular formula is C13H21N3O4S. The van der Waals surface area contributed by atoms with Crippen LogP contribution in [0.2, 0.25) is 0 Å². The van der Waals surface area contributed by atoms with Crippen molar-refractivity contribution in [2.45, 2.75) is 18.7 Å². The summed E-state index contributed by atoms with van der Waals surface area (Å²) < 4.78 is 31.5. The lowest BCUT2D eigenvalue weighted by Gasteiger charge is -2.23. The van der Waals surface area contributed by atoms with Gasteiger partial charge in [0.1, 0.15) is 10.6 Å². The number of benzene rings is 1. The van der Waals surface area contributed by atoms with Gasteiger partial charge in [0.25, 0.3) is 0 Å². The van der Waals surface area contributed by atoms with Crippen molar-refractivity contribution in [3.8, 4) is 5.75 Å². The van der Waals surface area contributed by atoms with Crippen LogP contribution in [0.15, 0.2) is 23.1 Å². The molecule has 0 radical (unpaired) electrons. The Labute approximate surface area is 124 Å². The molecule has 1 amide bonds. The van der Waals surface area contributed by atoms with Gasteiger partial charge in [-0.2, -0.15) is 4.31 Å². The van der Waals surface area contributed by atoms with Crippen LogP contribution in [0.5, 0.6) is 5.75 Å². The largest absolute Gasteiger partial charge is 0.495 e. The monoisotopic (exact) mass is 315 g/mol. The number of amides is 1. The van der Waals surface area contributed by atoms with Gasteiger partial charge in [0.2, 0.25) is 15.9 Å². The SMILES string of the molecule is COc1cc(N)ccc1S(=O)(=O)N(CC(N)=O)CC(C)C. The first-order chi connectivity index (χ1) is 9.68. The van der Waals surface area contributed by atoms with Gasteiger partial charge in [-0.3, -0.25) is 4.79 Å². The van der Waals surface area contributed by atoms with E-state index in [1.807, 2.05) is 13.8 Å². The Balaban J connectivity index is 3.31. The highest BCUT2D eigenvalue weighted by Gasteiger charge is 2.29. The third-order valence-electron chi connectivity index (χ3n) is 2.71. The number of hydrogen-bond acceptors (Lipinski definition) is 5. The van der Waals surface area contributed by atoms with Gasteiger partial charge in [-0.15, -0.1) is 0 Å². The molecule has 8 heteroatoms. The molecule has 4 N–H and O–H groups in total. The van der Waals surface area contributed by atoms with Crippen molar-refractivity contribution in [3.63, 3.8) is 0 Å². The molecule has 1 aromatic rings. The second kappa shape index (κ2) is 6.77. The summed E-state index contributed by atoms with van der Waals surface area (Å²) in [5, 5.41) is 0. The molecule has 0 fully saturated rings. The van der Waals surface area contributed by atoms with Crippen molar-refractivity contribution < 1.29 is 17.9 Å². The second-order valence-electron chi connectivity index (χ2n) is 5.07. The van der Waals surface area contributed by atoms with Crippen LogP contribution < -0.4 is 16.2 Å². The van der Waals surface area contributed by atoms with Gasteiger partial charge < -0.3 is 16.2 Å². The van der Waals surface area contributed by atoms with E-state index in [0.717, 1.165) is 4.31 Å². The Hall–Kier alpha value is -1.80. The van der Waals surface area contributed by atoms with Crippen LogP contribution in [0.1, 0.15) is 13.8 Å². The van der Waals surface area contributed by atoms with Crippen molar-refractivity contribution >= 4 is 21.6 Å². The minimum atomic E-state index is -3.90. The summed E-state index contributed by atoms with van der Waals surface area (Å²) in [7, 11) is -2.54. The van der Waals surface area contributed by atoms with Crippen LogP contribution in [0.4, 0.5) is 5.69 Å². The fourth-order valence-corrected chi connectivity index (χ4v) is 3.57. The molecule has 0 saturated heterocycles. The van der Waals surface area contributed by atoms with Gasteiger partial charge in [0.05, 0.1) is 13.7 Å². The maximum atomic E-state index is 12.7. The van der Waals surface area contributed by atoms with E-state index in [0.29, 0.717) is 5.69 Å². The smallest absolute Gasteiger partial charge is 0.247 e. The van der Waals surface area contributed by atoms with Crippen molar-refractivity contribution in [1.82, 2.24) is 4.31 Å². The summed E-state index contributed by atoms with van der Waals surface area (Å²) in [6.45, 7) is 3.50. The molecule has 0 spiro atoms. The van der Waals surface area contributed by atoms with Crippen molar-refractivity contribution in [2.24, 2.45) is 11.7 Å². The predicted molar refractivity (Wildman–Crippen MR) is 80.2 cm³/mol. The molecule has 0 atom stereocenters. The topological polar surface area (TPSA) is 116 Å². The van der Waals surface area contributed by atoms with Crippen molar-refractivity contribution in [2.75, 3.05) is 25.9 Å². The molecule has 0 unspecified atom stereocenters. The number of sulfonamides is 1. The highest BCUT2D eigenvalue weighted by atomic mass is 32.2. The summed E-state index contributed by atoms with van der Waals surface area (Å²) in [6, 6.07) is 4.25. The Bertz CT molecular complexity index is 614. The van der Waals surface area contributed by atoms with Crippen LogP contribution in [0.25, 0.3) is 0 Å². The first kappa shape index (κ1) is 17.3. The van der Waals surface area contributed by atoms with Crippen molar-refractivity contribution in [1.29, 1.82) is 0 Å². The lowest BCUT2D eigenvalue weighted by molar-refractivity contribution is -0.118. The Kier molecular flexibility index (Phi) is 5.56. The number of anilines is 1. The Morgan fingerprint density at radius 1 is 1.38 bits per heavy atom. The lowest BCUT2D eigenvalue weighted by Crippen LogP contribution is -2.40. The molecule has 0 aromatic heterocycles. The van der Waals surface area contributed by atoms with E-state index >= 15 is 0 Å². The van der Waals surface area contributed by atoms with E-state index in [4.69, 9.17) is 16.2 Å².